The van der Waals surface area contributed by atoms with Gasteiger partial charge in [-0.25, -0.2) is 0 Å². The molecule has 13 heavy (non-hydrogen) atoms. The van der Waals surface area contributed by atoms with Gasteiger partial charge in [0, 0.05) is 11.3 Å². The molecule has 0 fully saturated rings. The summed E-state index contributed by atoms with van der Waals surface area (Å²) in [5, 5.41) is 0. The fraction of sp³-hybridized carbons (Fsp3) is 0.364. The average molecular weight is 179 g/mol. The average Bonchev–Trinajstić information content (AvgIpc) is 2.19. The maximum atomic E-state index is 10.1. The fourth-order valence-electron chi connectivity index (χ4n) is 0.618. The quantitative estimate of drug-likeness (QED) is 0.560. The van der Waals surface area contributed by atoms with Crippen molar-refractivity contribution in [3.05, 3.63) is 29.8 Å². The molecule has 2 heteroatoms. The van der Waals surface area contributed by atoms with Gasteiger partial charge >= 0.3 is 0 Å². The van der Waals surface area contributed by atoms with Crippen molar-refractivity contribution in [1.82, 2.24) is 0 Å². The Morgan fingerprint density at radius 2 is 1.77 bits per heavy atom. The van der Waals surface area contributed by atoms with Gasteiger partial charge in [0.25, 0.3) is 0 Å². The van der Waals surface area contributed by atoms with Crippen LogP contribution in [-0.4, -0.2) is 6.29 Å². The second kappa shape index (κ2) is 7.35. The Morgan fingerprint density at radius 3 is 2.08 bits per heavy atom. The summed E-state index contributed by atoms with van der Waals surface area (Å²) in [5.41, 5.74) is 6.49. The number of benzene rings is 1. The number of para-hydroxylation sites is 1. The van der Waals surface area contributed by atoms with Gasteiger partial charge in [-0.3, -0.25) is 4.79 Å². The molecule has 1 aromatic carbocycles. The standard InChI is InChI=1S/C7H7NO.C4H10/c8-7-4-2-1-3-6(7)5-9;1-3-4-2/h1-5H,8H2;3-4H2,1-2H3. The lowest BCUT2D eigenvalue weighted by atomic mass is 10.2. The third kappa shape index (κ3) is 5.01. The molecular weight excluding hydrogens is 162 g/mol. The highest BCUT2D eigenvalue weighted by atomic mass is 16.1. The van der Waals surface area contributed by atoms with Gasteiger partial charge in [-0.2, -0.15) is 0 Å². The number of hydrogen-bond donors (Lipinski definition) is 1. The smallest absolute Gasteiger partial charge is 0.152 e. The van der Waals surface area contributed by atoms with Crippen molar-refractivity contribution >= 4 is 12.0 Å². The van der Waals surface area contributed by atoms with E-state index < -0.39 is 0 Å². The summed E-state index contributed by atoms with van der Waals surface area (Å²) >= 11 is 0. The van der Waals surface area contributed by atoms with Crippen LogP contribution in [0.5, 0.6) is 0 Å². The summed E-state index contributed by atoms with van der Waals surface area (Å²) in [7, 11) is 0. The fourth-order valence-corrected chi connectivity index (χ4v) is 0.618. The van der Waals surface area contributed by atoms with Crippen molar-refractivity contribution in [3.8, 4) is 0 Å². The minimum Gasteiger partial charge on any atom is -0.398 e. The predicted molar refractivity (Wildman–Crippen MR) is 56.8 cm³/mol. The Labute approximate surface area is 79.8 Å². The molecule has 0 bridgehead atoms. The highest BCUT2D eigenvalue weighted by Gasteiger charge is 1.90. The van der Waals surface area contributed by atoms with Gasteiger partial charge in [-0.05, 0) is 12.1 Å². The highest BCUT2D eigenvalue weighted by Crippen LogP contribution is 2.05. The van der Waals surface area contributed by atoms with Crippen molar-refractivity contribution in [3.63, 3.8) is 0 Å². The zero-order valence-electron chi connectivity index (χ0n) is 8.29. The summed E-state index contributed by atoms with van der Waals surface area (Å²) in [6.45, 7) is 4.36. The van der Waals surface area contributed by atoms with Crippen LogP contribution in [0, 0.1) is 0 Å². The van der Waals surface area contributed by atoms with Crippen molar-refractivity contribution in [2.45, 2.75) is 26.7 Å². The molecule has 0 saturated heterocycles. The largest absolute Gasteiger partial charge is 0.398 e. The molecule has 1 rings (SSSR count). The van der Waals surface area contributed by atoms with Crippen LogP contribution < -0.4 is 5.73 Å². The summed E-state index contributed by atoms with van der Waals surface area (Å²) in [6.07, 6.45) is 3.38. The Balaban J connectivity index is 0.000000310. The van der Waals surface area contributed by atoms with E-state index in [2.05, 4.69) is 13.8 Å². The van der Waals surface area contributed by atoms with E-state index in [0.717, 1.165) is 6.29 Å². The molecule has 2 N–H and O–H groups in total. The molecule has 0 radical (unpaired) electrons. The number of carbonyl (C=O) groups is 1. The van der Waals surface area contributed by atoms with Crippen LogP contribution in [0.25, 0.3) is 0 Å². The van der Waals surface area contributed by atoms with Crippen LogP contribution in [0.3, 0.4) is 0 Å². The van der Waals surface area contributed by atoms with Crippen LogP contribution in [0.4, 0.5) is 5.69 Å². The molecule has 0 aromatic heterocycles. The first kappa shape index (κ1) is 11.7. The lowest BCUT2D eigenvalue weighted by molar-refractivity contribution is 0.112. The van der Waals surface area contributed by atoms with E-state index in [1.807, 2.05) is 0 Å². The number of rotatable bonds is 2. The Hall–Kier alpha value is -1.31. The van der Waals surface area contributed by atoms with Crippen molar-refractivity contribution in [2.75, 3.05) is 5.73 Å². The minimum absolute atomic E-state index is 0.535. The second-order valence-electron chi connectivity index (χ2n) is 2.75. The Kier molecular flexibility index (Phi) is 6.60. The molecule has 0 amide bonds. The first-order valence-electron chi connectivity index (χ1n) is 4.55. The maximum absolute atomic E-state index is 10.1. The molecule has 72 valence electrons. The highest BCUT2D eigenvalue weighted by molar-refractivity contribution is 5.82. The molecular formula is C11H17NO. The molecule has 0 heterocycles. The van der Waals surface area contributed by atoms with Gasteiger partial charge in [-0.1, -0.05) is 38.8 Å². The van der Waals surface area contributed by atoms with E-state index in [1.54, 1.807) is 24.3 Å². The zero-order chi connectivity index (χ0) is 10.1. The number of nitrogens with two attached hydrogens (primary N) is 1. The van der Waals surface area contributed by atoms with Crippen LogP contribution in [-0.2, 0) is 0 Å². The lowest BCUT2D eigenvalue weighted by Crippen LogP contribution is -1.90. The lowest BCUT2D eigenvalue weighted by Gasteiger charge is -1.92. The molecule has 0 aliphatic rings. The minimum atomic E-state index is 0.535. The van der Waals surface area contributed by atoms with Crippen LogP contribution >= 0.6 is 0 Å². The monoisotopic (exact) mass is 179 g/mol. The van der Waals surface area contributed by atoms with Gasteiger partial charge in [0.05, 0.1) is 0 Å². The van der Waals surface area contributed by atoms with Gasteiger partial charge in [-0.15, -0.1) is 0 Å². The van der Waals surface area contributed by atoms with E-state index in [1.165, 1.54) is 12.8 Å². The summed E-state index contributed by atoms with van der Waals surface area (Å²) in [6, 6.07) is 6.95. The number of carbonyl (C=O) groups excluding carboxylic acids is 1. The molecule has 0 unspecified atom stereocenters. The van der Waals surface area contributed by atoms with E-state index >= 15 is 0 Å². The predicted octanol–water partition coefficient (Wildman–Crippen LogP) is 2.89. The van der Waals surface area contributed by atoms with E-state index in [9.17, 15) is 4.79 Å². The summed E-state index contributed by atoms with van der Waals surface area (Å²) < 4.78 is 0. The number of aldehydes is 1. The SMILES string of the molecule is CCCC.Nc1ccccc1C=O. The van der Waals surface area contributed by atoms with Gasteiger partial charge in [0.2, 0.25) is 0 Å². The summed E-state index contributed by atoms with van der Waals surface area (Å²) in [5.74, 6) is 0. The Morgan fingerprint density at radius 1 is 1.23 bits per heavy atom. The topological polar surface area (TPSA) is 43.1 Å². The molecule has 0 aliphatic carbocycles. The third-order valence-electron chi connectivity index (χ3n) is 1.62. The molecule has 1 aromatic rings. The van der Waals surface area contributed by atoms with E-state index in [-0.39, 0.29) is 0 Å². The third-order valence-corrected chi connectivity index (χ3v) is 1.62. The van der Waals surface area contributed by atoms with Gasteiger partial charge in [0.1, 0.15) is 0 Å². The zero-order valence-corrected chi connectivity index (χ0v) is 8.29. The van der Waals surface area contributed by atoms with Crippen molar-refractivity contribution < 1.29 is 4.79 Å². The number of hydrogen-bond acceptors (Lipinski definition) is 2. The molecule has 0 spiro atoms. The molecule has 0 saturated carbocycles. The van der Waals surface area contributed by atoms with Gasteiger partial charge in [0.15, 0.2) is 6.29 Å². The second-order valence-corrected chi connectivity index (χ2v) is 2.75. The first-order valence-corrected chi connectivity index (χ1v) is 4.55. The number of unbranched alkanes of at least 4 members (excludes halogenated alkanes) is 1. The molecule has 2 nitrogen and oxygen atoms in total. The summed E-state index contributed by atoms with van der Waals surface area (Å²) in [4.78, 5) is 10.1. The number of anilines is 1. The van der Waals surface area contributed by atoms with Crippen molar-refractivity contribution in [1.29, 1.82) is 0 Å². The van der Waals surface area contributed by atoms with E-state index in [4.69, 9.17) is 5.73 Å². The maximum Gasteiger partial charge on any atom is 0.152 e. The van der Waals surface area contributed by atoms with Crippen LogP contribution in [0.2, 0.25) is 0 Å². The molecule has 0 aliphatic heterocycles. The van der Waals surface area contributed by atoms with E-state index in [0.29, 0.717) is 11.3 Å². The molecule has 0 atom stereocenters. The normalized spacial score (nSPS) is 8.46. The Bertz CT molecular complexity index is 244. The number of nitrogen functional groups attached to an aromatic ring is 1. The van der Waals surface area contributed by atoms with Crippen LogP contribution in [0.1, 0.15) is 37.0 Å². The van der Waals surface area contributed by atoms with Crippen LogP contribution in [0.15, 0.2) is 24.3 Å². The van der Waals surface area contributed by atoms with Gasteiger partial charge < -0.3 is 5.73 Å². The first-order chi connectivity index (χ1) is 6.26. The van der Waals surface area contributed by atoms with Crippen molar-refractivity contribution in [2.24, 2.45) is 0 Å².